The van der Waals surface area contributed by atoms with Crippen LogP contribution in [-0.4, -0.2) is 10.1 Å². The van der Waals surface area contributed by atoms with E-state index < -0.39 is 0 Å². The van der Waals surface area contributed by atoms with Gasteiger partial charge in [0.05, 0.1) is 0 Å². The molecule has 0 aliphatic rings. The number of phenolic OH excluding ortho intramolecular Hbond substituents is 1. The average molecular weight is 194 g/mol. The molecule has 66 valence electrons. The van der Waals surface area contributed by atoms with E-state index in [1.54, 1.807) is 18.3 Å². The number of halogens is 1. The summed E-state index contributed by atoms with van der Waals surface area (Å²) in [6.07, 6.45) is 1.65. The molecule has 0 amide bonds. The van der Waals surface area contributed by atoms with Gasteiger partial charge in [0.2, 0.25) is 0 Å². The third-order valence-corrected chi connectivity index (χ3v) is 2.27. The Morgan fingerprint density at radius 2 is 2.15 bits per heavy atom. The van der Waals surface area contributed by atoms with Gasteiger partial charge in [-0.3, -0.25) is 4.98 Å². The number of aromatic hydroxyl groups is 1. The highest BCUT2D eigenvalue weighted by Crippen LogP contribution is 2.25. The van der Waals surface area contributed by atoms with Crippen molar-refractivity contribution in [2.75, 3.05) is 0 Å². The van der Waals surface area contributed by atoms with Gasteiger partial charge in [-0.25, -0.2) is 0 Å². The molecule has 0 unspecified atom stereocenters. The Balaban J connectivity index is 2.84. The lowest BCUT2D eigenvalue weighted by Gasteiger charge is -2.02. The maximum absolute atomic E-state index is 9.49. The summed E-state index contributed by atoms with van der Waals surface area (Å²) in [5.74, 6) is 0.632. The number of rotatable bonds is 1. The Hall–Kier alpha value is -1.28. The van der Waals surface area contributed by atoms with Gasteiger partial charge in [-0.1, -0.05) is 12.1 Å². The predicted molar refractivity (Wildman–Crippen MR) is 53.0 cm³/mol. The van der Waals surface area contributed by atoms with Crippen molar-refractivity contribution < 1.29 is 5.11 Å². The largest absolute Gasteiger partial charge is 0.506 e. The van der Waals surface area contributed by atoms with Gasteiger partial charge in [-0.05, 0) is 17.7 Å². The number of nitrogens with zero attached hydrogens (tertiary/aromatic N) is 1. The van der Waals surface area contributed by atoms with Crippen molar-refractivity contribution in [2.24, 2.45) is 0 Å². The number of hydrogen-bond acceptors (Lipinski definition) is 2. The van der Waals surface area contributed by atoms with E-state index in [2.05, 4.69) is 4.98 Å². The number of hydrogen-bond donors (Lipinski definition) is 1. The van der Waals surface area contributed by atoms with Crippen LogP contribution in [0.5, 0.6) is 5.75 Å². The number of pyridine rings is 1. The molecule has 1 N–H and O–H groups in total. The first kappa shape index (κ1) is 8.32. The van der Waals surface area contributed by atoms with Gasteiger partial charge in [0.25, 0.3) is 0 Å². The maximum Gasteiger partial charge on any atom is 0.141 e. The first-order valence-corrected chi connectivity index (χ1v) is 4.48. The normalized spacial score (nSPS) is 10.5. The third kappa shape index (κ3) is 1.33. The Morgan fingerprint density at radius 3 is 2.92 bits per heavy atom. The van der Waals surface area contributed by atoms with Crippen molar-refractivity contribution >= 4 is 22.5 Å². The maximum atomic E-state index is 9.49. The van der Waals surface area contributed by atoms with Crippen LogP contribution in [0.15, 0.2) is 30.5 Å². The van der Waals surface area contributed by atoms with Crippen LogP contribution in [0.4, 0.5) is 0 Å². The van der Waals surface area contributed by atoms with E-state index in [-0.39, 0.29) is 5.75 Å². The minimum atomic E-state index is 0.199. The van der Waals surface area contributed by atoms with Crippen LogP contribution in [0.25, 0.3) is 10.9 Å². The van der Waals surface area contributed by atoms with Crippen molar-refractivity contribution in [1.82, 2.24) is 4.98 Å². The topological polar surface area (TPSA) is 33.1 Å². The van der Waals surface area contributed by atoms with Crippen LogP contribution in [0.2, 0.25) is 0 Å². The number of benzene rings is 1. The summed E-state index contributed by atoms with van der Waals surface area (Å²) in [7, 11) is 0. The van der Waals surface area contributed by atoms with Crippen LogP contribution in [0.3, 0.4) is 0 Å². The van der Waals surface area contributed by atoms with E-state index >= 15 is 0 Å². The molecule has 0 aliphatic heterocycles. The number of para-hydroxylation sites is 1. The van der Waals surface area contributed by atoms with Gasteiger partial charge >= 0.3 is 0 Å². The second kappa shape index (κ2) is 3.23. The monoisotopic (exact) mass is 193 g/mol. The van der Waals surface area contributed by atoms with E-state index in [1.807, 2.05) is 12.1 Å². The summed E-state index contributed by atoms with van der Waals surface area (Å²) >= 11 is 5.75. The first-order valence-electron chi connectivity index (χ1n) is 3.94. The molecule has 0 aliphatic carbocycles. The molecular formula is C10H8ClNO. The van der Waals surface area contributed by atoms with Crippen molar-refractivity contribution in [3.05, 3.63) is 36.0 Å². The van der Waals surface area contributed by atoms with Crippen LogP contribution in [0, 0.1) is 0 Å². The lowest BCUT2D eigenvalue weighted by Crippen LogP contribution is -1.84. The van der Waals surface area contributed by atoms with Crippen molar-refractivity contribution in [3.8, 4) is 5.75 Å². The van der Waals surface area contributed by atoms with Crippen LogP contribution in [0.1, 0.15) is 5.56 Å². The van der Waals surface area contributed by atoms with Gasteiger partial charge in [0.1, 0.15) is 11.3 Å². The Morgan fingerprint density at radius 1 is 1.31 bits per heavy atom. The molecule has 0 fully saturated rings. The summed E-state index contributed by atoms with van der Waals surface area (Å²) in [4.78, 5) is 4.08. The quantitative estimate of drug-likeness (QED) is 0.707. The number of alkyl halides is 1. The van der Waals surface area contributed by atoms with E-state index in [9.17, 15) is 5.11 Å². The number of fused-ring (bicyclic) bond motifs is 1. The Bertz CT molecular complexity index is 442. The average Bonchev–Trinajstić information content (AvgIpc) is 2.18. The lowest BCUT2D eigenvalue weighted by molar-refractivity contribution is 0.480. The Kier molecular flexibility index (Phi) is 2.07. The minimum absolute atomic E-state index is 0.199. The summed E-state index contributed by atoms with van der Waals surface area (Å²) < 4.78 is 0. The second-order valence-electron chi connectivity index (χ2n) is 2.78. The van der Waals surface area contributed by atoms with E-state index in [0.717, 1.165) is 10.9 Å². The standard InChI is InChI=1S/C10H8ClNO/c11-6-7-4-5-12-10-8(7)2-1-3-9(10)13/h1-5,13H,6H2. The molecular weight excluding hydrogens is 186 g/mol. The van der Waals surface area contributed by atoms with Crippen molar-refractivity contribution in [3.63, 3.8) is 0 Å². The number of aromatic nitrogens is 1. The van der Waals surface area contributed by atoms with Crippen molar-refractivity contribution in [1.29, 1.82) is 0 Å². The highest BCUT2D eigenvalue weighted by molar-refractivity contribution is 6.18. The molecule has 0 saturated heterocycles. The molecule has 0 saturated carbocycles. The highest BCUT2D eigenvalue weighted by Gasteiger charge is 2.03. The minimum Gasteiger partial charge on any atom is -0.506 e. The molecule has 0 radical (unpaired) electrons. The zero-order valence-electron chi connectivity index (χ0n) is 6.87. The van der Waals surface area contributed by atoms with E-state index in [1.165, 1.54) is 0 Å². The van der Waals surface area contributed by atoms with Gasteiger partial charge in [-0.15, -0.1) is 11.6 Å². The lowest BCUT2D eigenvalue weighted by atomic mass is 10.1. The van der Waals surface area contributed by atoms with Crippen LogP contribution < -0.4 is 0 Å². The fourth-order valence-electron chi connectivity index (χ4n) is 1.33. The smallest absolute Gasteiger partial charge is 0.141 e. The molecule has 1 aromatic heterocycles. The summed E-state index contributed by atoms with van der Waals surface area (Å²) in [5.41, 5.74) is 1.60. The van der Waals surface area contributed by atoms with Gasteiger partial charge in [0, 0.05) is 17.5 Å². The first-order chi connectivity index (χ1) is 6.33. The fourth-order valence-corrected chi connectivity index (χ4v) is 1.57. The summed E-state index contributed by atoms with van der Waals surface area (Å²) in [6.45, 7) is 0. The van der Waals surface area contributed by atoms with E-state index in [4.69, 9.17) is 11.6 Å². The number of phenols is 1. The van der Waals surface area contributed by atoms with Crippen molar-refractivity contribution in [2.45, 2.75) is 5.88 Å². The fraction of sp³-hybridized carbons (Fsp3) is 0.100. The highest BCUT2D eigenvalue weighted by atomic mass is 35.5. The molecule has 13 heavy (non-hydrogen) atoms. The molecule has 0 atom stereocenters. The molecule has 2 rings (SSSR count). The summed E-state index contributed by atoms with van der Waals surface area (Å²) in [6, 6.07) is 7.16. The third-order valence-electron chi connectivity index (χ3n) is 1.98. The molecule has 2 nitrogen and oxygen atoms in total. The molecule has 0 bridgehead atoms. The summed E-state index contributed by atoms with van der Waals surface area (Å²) in [5, 5.41) is 10.4. The Labute approximate surface area is 80.8 Å². The molecule has 3 heteroatoms. The van der Waals surface area contributed by atoms with Gasteiger partial charge < -0.3 is 5.11 Å². The SMILES string of the molecule is Oc1cccc2c(CCl)ccnc12. The van der Waals surface area contributed by atoms with Crippen LogP contribution >= 0.6 is 11.6 Å². The van der Waals surface area contributed by atoms with E-state index in [0.29, 0.717) is 11.4 Å². The second-order valence-corrected chi connectivity index (χ2v) is 3.04. The molecule has 2 aromatic rings. The predicted octanol–water partition coefficient (Wildman–Crippen LogP) is 2.68. The zero-order valence-corrected chi connectivity index (χ0v) is 7.62. The van der Waals surface area contributed by atoms with Crippen LogP contribution in [-0.2, 0) is 5.88 Å². The van der Waals surface area contributed by atoms with Gasteiger partial charge in [-0.2, -0.15) is 0 Å². The molecule has 1 aromatic carbocycles. The molecule has 1 heterocycles. The molecule has 0 spiro atoms. The zero-order chi connectivity index (χ0) is 9.26. The van der Waals surface area contributed by atoms with Gasteiger partial charge in [0.15, 0.2) is 0 Å².